The molecule has 0 saturated carbocycles. The van der Waals surface area contributed by atoms with Crippen LogP contribution < -0.4 is 10.2 Å². The van der Waals surface area contributed by atoms with Crippen LogP contribution in [0.25, 0.3) is 11.6 Å². The van der Waals surface area contributed by atoms with Gasteiger partial charge >= 0.3 is 0 Å². The molecule has 1 aliphatic heterocycles. The standard InChI is InChI=1S/C42H45N3O5/c1-4-10-30-24-34-39(42(50)45(41(34)49)33-17-15-32(16-18-33)44-31-11-6-5-7-12-31)35(25-46)38(30)37(47)19-14-29(36-13-8-9-20-43-36)23-28-21-26(2)40(48)27(3)22-28/h5-9,11-13,15-18,20-23,34-35,37,39,44,46-48H,4,10,14,19,24-25H2,1-3H3/b29-23-/t34-,35+,37-,39-/m1/s1. The number of para-hydroxylation sites is 1. The van der Waals surface area contributed by atoms with Crippen LogP contribution in [-0.2, 0) is 9.59 Å². The Balaban J connectivity index is 1.25. The first-order valence-corrected chi connectivity index (χ1v) is 17.4. The summed E-state index contributed by atoms with van der Waals surface area (Å²) in [4.78, 5) is 33.9. The number of aliphatic hydroxyl groups is 2. The molecule has 8 nitrogen and oxygen atoms in total. The Morgan fingerprint density at radius 3 is 2.28 bits per heavy atom. The molecule has 258 valence electrons. The fourth-order valence-corrected chi connectivity index (χ4v) is 7.68. The van der Waals surface area contributed by atoms with Gasteiger partial charge < -0.3 is 20.6 Å². The minimum Gasteiger partial charge on any atom is -0.507 e. The summed E-state index contributed by atoms with van der Waals surface area (Å²) in [5, 5.41) is 36.4. The second kappa shape index (κ2) is 15.2. The lowest BCUT2D eigenvalue weighted by Gasteiger charge is -2.36. The maximum Gasteiger partial charge on any atom is 0.238 e. The van der Waals surface area contributed by atoms with Gasteiger partial charge in [-0.1, -0.05) is 43.2 Å². The van der Waals surface area contributed by atoms with Crippen LogP contribution >= 0.6 is 0 Å². The Labute approximate surface area is 293 Å². The largest absolute Gasteiger partial charge is 0.507 e. The molecule has 0 spiro atoms. The summed E-state index contributed by atoms with van der Waals surface area (Å²) in [6, 6.07) is 26.5. The smallest absolute Gasteiger partial charge is 0.238 e. The second-order valence-electron chi connectivity index (χ2n) is 13.4. The number of pyridine rings is 1. The number of aryl methyl sites for hydroxylation is 2. The molecule has 0 radical (unpaired) electrons. The van der Waals surface area contributed by atoms with Gasteiger partial charge in [-0.05, 0) is 134 Å². The lowest BCUT2D eigenvalue weighted by molar-refractivity contribution is -0.123. The fourth-order valence-electron chi connectivity index (χ4n) is 7.68. The highest BCUT2D eigenvalue weighted by molar-refractivity contribution is 6.22. The molecule has 3 aromatic carbocycles. The number of phenolic OH excluding ortho intramolecular Hbond substituents is 1. The van der Waals surface area contributed by atoms with Crippen LogP contribution in [0.5, 0.6) is 5.75 Å². The van der Waals surface area contributed by atoms with Crippen LogP contribution in [0, 0.1) is 31.6 Å². The number of aromatic nitrogens is 1. The number of phenols is 1. The summed E-state index contributed by atoms with van der Waals surface area (Å²) in [5.41, 5.74) is 8.08. The number of fused-ring (bicyclic) bond motifs is 1. The van der Waals surface area contributed by atoms with Crippen molar-refractivity contribution in [1.82, 2.24) is 4.98 Å². The van der Waals surface area contributed by atoms with E-state index in [0.717, 1.165) is 51.3 Å². The molecule has 4 atom stereocenters. The highest BCUT2D eigenvalue weighted by Gasteiger charge is 2.55. The third-order valence-corrected chi connectivity index (χ3v) is 10.0. The predicted octanol–water partition coefficient (Wildman–Crippen LogP) is 7.74. The van der Waals surface area contributed by atoms with Gasteiger partial charge in [-0.3, -0.25) is 19.5 Å². The van der Waals surface area contributed by atoms with Gasteiger partial charge in [0.2, 0.25) is 11.8 Å². The van der Waals surface area contributed by atoms with E-state index in [0.29, 0.717) is 36.9 Å². The molecule has 2 aliphatic rings. The van der Waals surface area contributed by atoms with Crippen molar-refractivity contribution in [2.75, 3.05) is 16.8 Å². The summed E-state index contributed by atoms with van der Waals surface area (Å²) in [6.07, 6.45) is 5.53. The third kappa shape index (κ3) is 7.13. The Kier molecular flexibility index (Phi) is 10.6. The molecular formula is C42H45N3O5. The van der Waals surface area contributed by atoms with E-state index in [1.54, 1.807) is 18.3 Å². The first-order valence-electron chi connectivity index (χ1n) is 17.4. The molecule has 6 rings (SSSR count). The summed E-state index contributed by atoms with van der Waals surface area (Å²) in [5.74, 6) is -2.35. The van der Waals surface area contributed by atoms with E-state index in [2.05, 4.69) is 17.2 Å². The van der Waals surface area contributed by atoms with Gasteiger partial charge in [0, 0.05) is 23.5 Å². The number of aliphatic hydroxyl groups excluding tert-OH is 2. The van der Waals surface area contributed by atoms with Crippen LogP contribution in [0.2, 0.25) is 0 Å². The van der Waals surface area contributed by atoms with Gasteiger partial charge in [0.25, 0.3) is 0 Å². The predicted molar refractivity (Wildman–Crippen MR) is 198 cm³/mol. The van der Waals surface area contributed by atoms with Crippen molar-refractivity contribution in [1.29, 1.82) is 0 Å². The van der Waals surface area contributed by atoms with Gasteiger partial charge in [0.05, 0.1) is 35.9 Å². The van der Waals surface area contributed by atoms with Crippen LogP contribution in [-0.4, -0.2) is 44.8 Å². The summed E-state index contributed by atoms with van der Waals surface area (Å²) >= 11 is 0. The van der Waals surface area contributed by atoms with E-state index in [9.17, 15) is 24.9 Å². The normalized spacial score (nSPS) is 19.9. The average molecular weight is 672 g/mol. The van der Waals surface area contributed by atoms with Crippen molar-refractivity contribution in [2.45, 2.75) is 59.0 Å². The lowest BCUT2D eigenvalue weighted by Crippen LogP contribution is -2.39. The van der Waals surface area contributed by atoms with E-state index in [1.165, 1.54) is 4.90 Å². The summed E-state index contributed by atoms with van der Waals surface area (Å²) in [6.45, 7) is 5.44. The molecule has 0 bridgehead atoms. The van der Waals surface area contributed by atoms with Gasteiger partial charge in [0.15, 0.2) is 0 Å². The number of nitrogens with zero attached hydrogens (tertiary/aromatic N) is 2. The van der Waals surface area contributed by atoms with Crippen LogP contribution in [0.4, 0.5) is 17.1 Å². The highest BCUT2D eigenvalue weighted by atomic mass is 16.3. The number of rotatable bonds is 12. The Hall–Kier alpha value is -5.05. The maximum absolute atomic E-state index is 14.1. The van der Waals surface area contributed by atoms with Crippen LogP contribution in [0.1, 0.15) is 61.4 Å². The zero-order valence-corrected chi connectivity index (χ0v) is 28.8. The molecule has 4 N–H and O–H groups in total. The van der Waals surface area contributed by atoms with Gasteiger partial charge in [-0.25, -0.2) is 0 Å². The first-order chi connectivity index (χ1) is 24.2. The zero-order valence-electron chi connectivity index (χ0n) is 28.8. The number of anilines is 3. The molecule has 1 fully saturated rings. The number of hydrogen-bond donors (Lipinski definition) is 4. The number of allylic oxidation sites excluding steroid dienone is 2. The molecule has 1 aliphatic carbocycles. The van der Waals surface area contributed by atoms with Crippen molar-refractivity contribution in [3.05, 3.63) is 125 Å². The van der Waals surface area contributed by atoms with E-state index >= 15 is 0 Å². The number of hydrogen-bond acceptors (Lipinski definition) is 7. The average Bonchev–Trinajstić information content (AvgIpc) is 3.37. The van der Waals surface area contributed by atoms with Gasteiger partial charge in [-0.15, -0.1) is 0 Å². The van der Waals surface area contributed by atoms with E-state index in [4.69, 9.17) is 0 Å². The molecular weight excluding hydrogens is 626 g/mol. The molecule has 8 heteroatoms. The molecule has 2 amide bonds. The Morgan fingerprint density at radius 2 is 1.64 bits per heavy atom. The Morgan fingerprint density at radius 1 is 0.960 bits per heavy atom. The molecule has 0 unspecified atom stereocenters. The third-order valence-electron chi connectivity index (χ3n) is 10.0. The zero-order chi connectivity index (χ0) is 35.4. The molecule has 4 aromatic rings. The molecule has 1 saturated heterocycles. The lowest BCUT2D eigenvalue weighted by atomic mass is 9.67. The summed E-state index contributed by atoms with van der Waals surface area (Å²) in [7, 11) is 0. The van der Waals surface area contributed by atoms with Crippen molar-refractivity contribution >= 4 is 40.5 Å². The topological polar surface area (TPSA) is 123 Å². The number of nitrogens with one attached hydrogen (secondary N) is 1. The highest BCUT2D eigenvalue weighted by Crippen LogP contribution is 2.48. The molecule has 2 heterocycles. The number of benzene rings is 3. The van der Waals surface area contributed by atoms with Crippen molar-refractivity contribution in [3.8, 4) is 5.75 Å². The van der Waals surface area contributed by atoms with E-state index < -0.39 is 23.9 Å². The van der Waals surface area contributed by atoms with Gasteiger partial charge in [0.1, 0.15) is 5.75 Å². The summed E-state index contributed by atoms with van der Waals surface area (Å²) < 4.78 is 0. The number of amides is 2. The van der Waals surface area contributed by atoms with Crippen molar-refractivity contribution in [2.24, 2.45) is 17.8 Å². The van der Waals surface area contributed by atoms with Crippen LogP contribution in [0.3, 0.4) is 0 Å². The van der Waals surface area contributed by atoms with Gasteiger partial charge in [-0.2, -0.15) is 0 Å². The Bertz CT molecular complexity index is 1880. The van der Waals surface area contributed by atoms with Crippen molar-refractivity contribution in [3.63, 3.8) is 0 Å². The first kappa shape index (κ1) is 34.8. The monoisotopic (exact) mass is 671 g/mol. The number of imide groups is 1. The quantitative estimate of drug-likeness (QED) is 0.0898. The maximum atomic E-state index is 14.1. The number of carbonyl (C=O) groups is 2. The van der Waals surface area contributed by atoms with E-state index in [1.807, 2.05) is 92.7 Å². The second-order valence-corrected chi connectivity index (χ2v) is 13.4. The molecule has 50 heavy (non-hydrogen) atoms. The van der Waals surface area contributed by atoms with Crippen molar-refractivity contribution < 1.29 is 24.9 Å². The fraction of sp³-hybridized carbons (Fsp3) is 0.310. The minimum atomic E-state index is -0.926. The SMILES string of the molecule is CCCC1=C([C@H](O)CC/C(=C/c2cc(C)c(O)c(C)c2)c2ccccn2)[C@H](CO)[C@@H]2C(=O)N(c3ccc(Nc4ccccc4)cc3)C(=O)[C@@H]2C1. The minimum absolute atomic E-state index is 0.260. The number of aromatic hydroxyl groups is 1. The van der Waals surface area contributed by atoms with E-state index in [-0.39, 0.29) is 24.2 Å². The van der Waals surface area contributed by atoms with Crippen LogP contribution in [0.15, 0.2) is 102 Å². The number of carbonyl (C=O) groups excluding carboxylic acids is 2. The molecule has 1 aromatic heterocycles.